The predicted octanol–water partition coefficient (Wildman–Crippen LogP) is 2.14. The Morgan fingerprint density at radius 3 is 2.60 bits per heavy atom. The molecule has 0 amide bonds. The molecule has 0 aliphatic heterocycles. The molecule has 0 spiro atoms. The van der Waals surface area contributed by atoms with E-state index in [1.54, 1.807) is 0 Å². The fourth-order valence-electron chi connectivity index (χ4n) is 3.38. The minimum Gasteiger partial charge on any atom is -0.324 e. The second-order valence-electron chi connectivity index (χ2n) is 5.11. The Morgan fingerprint density at radius 1 is 1.27 bits per heavy atom. The number of fused-ring (bicyclic) bond motifs is 1. The molecule has 80 valence electrons. The maximum Gasteiger partial charge on any atom is 0.0422 e. The Hall–Kier alpha value is -0.890. The largest absolute Gasteiger partial charge is 0.324 e. The summed E-state index contributed by atoms with van der Waals surface area (Å²) >= 11 is 0. The first-order chi connectivity index (χ1) is 7.31. The van der Waals surface area contributed by atoms with E-state index in [1.807, 2.05) is 12.3 Å². The molecule has 1 heterocycles. The lowest BCUT2D eigenvalue weighted by Crippen LogP contribution is -2.30. The molecule has 0 bridgehead atoms. The van der Waals surface area contributed by atoms with Gasteiger partial charge in [0.1, 0.15) is 0 Å². The topological polar surface area (TPSA) is 38.9 Å². The highest BCUT2D eigenvalue weighted by Crippen LogP contribution is 2.58. The lowest BCUT2D eigenvalue weighted by molar-refractivity contribution is 0.480. The molecule has 3 rings (SSSR count). The molecule has 2 atom stereocenters. The molecular formula is C13H18N2. The van der Waals surface area contributed by atoms with E-state index in [2.05, 4.69) is 17.1 Å². The second kappa shape index (κ2) is 3.31. The average Bonchev–Trinajstić information content (AvgIpc) is 2.87. The highest BCUT2D eigenvalue weighted by atomic mass is 14.9. The van der Waals surface area contributed by atoms with E-state index in [0.29, 0.717) is 0 Å². The zero-order valence-corrected chi connectivity index (χ0v) is 9.02. The molecule has 2 heteroatoms. The number of nitrogens with two attached hydrogens (primary N) is 1. The summed E-state index contributed by atoms with van der Waals surface area (Å²) < 4.78 is 0. The zero-order valence-electron chi connectivity index (χ0n) is 9.02. The van der Waals surface area contributed by atoms with Gasteiger partial charge in [-0.1, -0.05) is 18.9 Å². The highest BCUT2D eigenvalue weighted by molar-refractivity contribution is 5.22. The fraction of sp³-hybridized carbons (Fsp3) is 0.615. The van der Waals surface area contributed by atoms with Crippen LogP contribution in [0.2, 0.25) is 0 Å². The van der Waals surface area contributed by atoms with Crippen LogP contribution in [0.15, 0.2) is 24.4 Å². The molecule has 0 radical (unpaired) electrons. The van der Waals surface area contributed by atoms with E-state index in [0.717, 1.165) is 24.0 Å². The Kier molecular flexibility index (Phi) is 2.06. The van der Waals surface area contributed by atoms with Crippen molar-refractivity contribution in [2.24, 2.45) is 17.6 Å². The molecule has 2 aliphatic carbocycles. The van der Waals surface area contributed by atoms with Crippen molar-refractivity contribution in [3.63, 3.8) is 0 Å². The summed E-state index contributed by atoms with van der Waals surface area (Å²) in [6, 6.07) is 6.11. The average molecular weight is 202 g/mol. The Morgan fingerprint density at radius 2 is 2.00 bits per heavy atom. The summed E-state index contributed by atoms with van der Waals surface area (Å²) in [6.45, 7) is 0. The van der Waals surface area contributed by atoms with Crippen LogP contribution in [0, 0.1) is 11.8 Å². The van der Waals surface area contributed by atoms with Gasteiger partial charge in [0.15, 0.2) is 0 Å². The van der Waals surface area contributed by atoms with Crippen LogP contribution in [0.5, 0.6) is 0 Å². The first kappa shape index (κ1) is 9.34. The standard InChI is InChI=1S/C13H18N2/c14-13(9-10-5-3-4-8-15-10)11-6-1-2-7-12(11)13/h3-5,8,11-12H,1-2,6-7,9,14H2. The summed E-state index contributed by atoms with van der Waals surface area (Å²) in [6.07, 6.45) is 8.28. The third kappa shape index (κ3) is 1.48. The molecule has 0 aromatic carbocycles. The van der Waals surface area contributed by atoms with Gasteiger partial charge in [-0.3, -0.25) is 4.98 Å². The fourth-order valence-corrected chi connectivity index (χ4v) is 3.38. The zero-order chi connectivity index (χ0) is 10.3. The number of nitrogens with zero attached hydrogens (tertiary/aromatic N) is 1. The summed E-state index contributed by atoms with van der Waals surface area (Å²) in [7, 11) is 0. The second-order valence-corrected chi connectivity index (χ2v) is 5.11. The van der Waals surface area contributed by atoms with Crippen LogP contribution in [0.4, 0.5) is 0 Å². The van der Waals surface area contributed by atoms with Gasteiger partial charge in [-0.05, 0) is 36.8 Å². The summed E-state index contributed by atoms with van der Waals surface area (Å²) in [5, 5.41) is 0. The van der Waals surface area contributed by atoms with Gasteiger partial charge in [-0.15, -0.1) is 0 Å². The number of hydrogen-bond donors (Lipinski definition) is 1. The Bertz CT molecular complexity index is 335. The van der Waals surface area contributed by atoms with Crippen LogP contribution >= 0.6 is 0 Å². The molecule has 1 aromatic rings. The maximum absolute atomic E-state index is 6.49. The van der Waals surface area contributed by atoms with Crippen molar-refractivity contribution in [1.82, 2.24) is 4.98 Å². The van der Waals surface area contributed by atoms with Gasteiger partial charge >= 0.3 is 0 Å². The third-order valence-electron chi connectivity index (χ3n) is 4.25. The third-order valence-corrected chi connectivity index (χ3v) is 4.25. The van der Waals surface area contributed by atoms with Crippen LogP contribution in [0.3, 0.4) is 0 Å². The van der Waals surface area contributed by atoms with Crippen molar-refractivity contribution in [3.05, 3.63) is 30.1 Å². The Balaban J connectivity index is 1.74. The molecule has 0 saturated heterocycles. The van der Waals surface area contributed by atoms with Crippen LogP contribution in [0.25, 0.3) is 0 Å². The molecule has 2 saturated carbocycles. The predicted molar refractivity (Wildman–Crippen MR) is 60.3 cm³/mol. The van der Waals surface area contributed by atoms with Gasteiger partial charge < -0.3 is 5.73 Å². The van der Waals surface area contributed by atoms with Crippen molar-refractivity contribution in [3.8, 4) is 0 Å². The number of pyridine rings is 1. The molecular weight excluding hydrogens is 184 g/mol. The molecule has 15 heavy (non-hydrogen) atoms. The van der Waals surface area contributed by atoms with E-state index in [1.165, 1.54) is 25.7 Å². The molecule has 2 aliphatic rings. The van der Waals surface area contributed by atoms with E-state index in [-0.39, 0.29) is 5.54 Å². The minimum atomic E-state index is 0.0881. The molecule has 2 unspecified atom stereocenters. The van der Waals surface area contributed by atoms with Crippen molar-refractivity contribution in [2.45, 2.75) is 37.6 Å². The monoisotopic (exact) mass is 202 g/mol. The normalized spacial score (nSPS) is 38.5. The first-order valence-corrected chi connectivity index (χ1v) is 5.99. The van der Waals surface area contributed by atoms with Gasteiger partial charge in [-0.25, -0.2) is 0 Å². The minimum absolute atomic E-state index is 0.0881. The lowest BCUT2D eigenvalue weighted by atomic mass is 10.0. The number of hydrogen-bond acceptors (Lipinski definition) is 2. The van der Waals surface area contributed by atoms with Crippen molar-refractivity contribution < 1.29 is 0 Å². The van der Waals surface area contributed by atoms with Crippen LogP contribution < -0.4 is 5.73 Å². The Labute approximate surface area is 90.9 Å². The van der Waals surface area contributed by atoms with Gasteiger partial charge in [0.25, 0.3) is 0 Å². The van der Waals surface area contributed by atoms with E-state index < -0.39 is 0 Å². The highest BCUT2D eigenvalue weighted by Gasteiger charge is 2.61. The molecule has 1 aromatic heterocycles. The van der Waals surface area contributed by atoms with Gasteiger partial charge in [0.05, 0.1) is 0 Å². The van der Waals surface area contributed by atoms with E-state index in [9.17, 15) is 0 Å². The lowest BCUT2D eigenvalue weighted by Gasteiger charge is -2.10. The van der Waals surface area contributed by atoms with Crippen molar-refractivity contribution >= 4 is 0 Å². The summed E-state index contributed by atoms with van der Waals surface area (Å²) in [5.41, 5.74) is 7.74. The van der Waals surface area contributed by atoms with Gasteiger partial charge in [0, 0.05) is 23.9 Å². The molecule has 2 fully saturated rings. The summed E-state index contributed by atoms with van der Waals surface area (Å²) in [5.74, 6) is 1.57. The quantitative estimate of drug-likeness (QED) is 0.798. The van der Waals surface area contributed by atoms with E-state index in [4.69, 9.17) is 5.73 Å². The SMILES string of the molecule is NC1(Cc2ccccn2)C2CCCCC21. The molecule has 2 nitrogen and oxygen atoms in total. The summed E-state index contributed by atoms with van der Waals surface area (Å²) in [4.78, 5) is 4.38. The van der Waals surface area contributed by atoms with Crippen LogP contribution in [0.1, 0.15) is 31.4 Å². The maximum atomic E-state index is 6.49. The smallest absolute Gasteiger partial charge is 0.0422 e. The van der Waals surface area contributed by atoms with Crippen LogP contribution in [-0.2, 0) is 6.42 Å². The molecule has 2 N–H and O–H groups in total. The first-order valence-electron chi connectivity index (χ1n) is 5.99. The van der Waals surface area contributed by atoms with Crippen molar-refractivity contribution in [1.29, 1.82) is 0 Å². The van der Waals surface area contributed by atoms with Crippen LogP contribution in [-0.4, -0.2) is 10.5 Å². The number of rotatable bonds is 2. The van der Waals surface area contributed by atoms with E-state index >= 15 is 0 Å². The van der Waals surface area contributed by atoms with Gasteiger partial charge in [0.2, 0.25) is 0 Å². The van der Waals surface area contributed by atoms with Crippen molar-refractivity contribution in [2.75, 3.05) is 0 Å². The van der Waals surface area contributed by atoms with Gasteiger partial charge in [-0.2, -0.15) is 0 Å². The number of aromatic nitrogens is 1.